The van der Waals surface area contributed by atoms with Gasteiger partial charge in [0.1, 0.15) is 72.7 Å². The first kappa shape index (κ1) is 54.5. The third-order valence-corrected chi connectivity index (χ3v) is 19.3. The minimum atomic E-state index is -1.85. The van der Waals surface area contributed by atoms with Crippen LogP contribution in [0.25, 0.3) is 0 Å². The summed E-state index contributed by atoms with van der Waals surface area (Å²) in [5, 5.41) is 110. The monoisotopic (exact) mass is 1000 g/mol. The molecule has 8 aliphatic rings. The van der Waals surface area contributed by atoms with Gasteiger partial charge in [-0.1, -0.05) is 58.8 Å². The zero-order valence-electron chi connectivity index (χ0n) is 42.1. The Bertz CT molecular complexity index is 1970. The summed E-state index contributed by atoms with van der Waals surface area (Å²) in [6.45, 7) is 14.8. The summed E-state index contributed by atoms with van der Waals surface area (Å²) in [6.07, 6.45) is -19.0. The number of esters is 1. The van der Waals surface area contributed by atoms with E-state index in [4.69, 9.17) is 42.6 Å². The Morgan fingerprint density at radius 2 is 1.27 bits per heavy atom. The zero-order chi connectivity index (χ0) is 51.4. The average molecular weight is 1000 g/mol. The number of aliphatic hydroxyl groups is 10. The molecule has 6 fully saturated rings. The molecule has 8 rings (SSSR count). The van der Waals surface area contributed by atoms with Gasteiger partial charge in [0.25, 0.3) is 0 Å². The number of allylic oxidation sites excluding steroid dienone is 2. The minimum Gasteiger partial charge on any atom is -0.466 e. The number of carbonyl (C=O) groups excluding carboxylic acids is 1. The quantitative estimate of drug-likeness (QED) is 0.0744. The van der Waals surface area contributed by atoms with Crippen LogP contribution < -0.4 is 0 Å². The van der Waals surface area contributed by atoms with E-state index >= 15 is 0 Å². The largest absolute Gasteiger partial charge is 0.466 e. The van der Waals surface area contributed by atoms with Crippen molar-refractivity contribution in [1.29, 1.82) is 0 Å². The summed E-state index contributed by atoms with van der Waals surface area (Å²) >= 11 is 0. The molecule has 0 unspecified atom stereocenters. The predicted molar refractivity (Wildman–Crippen MR) is 242 cm³/mol. The number of carbonyl (C=O) groups is 1. The molecule has 4 heterocycles. The van der Waals surface area contributed by atoms with Crippen LogP contribution in [-0.4, -0.2) is 201 Å². The van der Waals surface area contributed by atoms with Crippen LogP contribution in [0.1, 0.15) is 100 Å². The van der Waals surface area contributed by atoms with Gasteiger partial charge in [-0.3, -0.25) is 0 Å². The van der Waals surface area contributed by atoms with E-state index < -0.39 is 158 Å². The molecule has 0 bridgehead atoms. The molecule has 4 aliphatic carbocycles. The van der Waals surface area contributed by atoms with Crippen LogP contribution in [0.4, 0.5) is 0 Å². The van der Waals surface area contributed by atoms with Crippen molar-refractivity contribution in [3.05, 3.63) is 22.8 Å². The Hall–Kier alpha value is -1.77. The Kier molecular flexibility index (Phi) is 15.4. The first-order valence-electron chi connectivity index (χ1n) is 25.1. The normalized spacial score (nSPS) is 52.6. The van der Waals surface area contributed by atoms with Gasteiger partial charge in [-0.25, -0.2) is 4.79 Å². The Morgan fingerprint density at radius 1 is 0.686 bits per heavy atom. The van der Waals surface area contributed by atoms with E-state index in [9.17, 15) is 55.9 Å². The first-order valence-corrected chi connectivity index (χ1v) is 25.1. The molecular weight excluding hydrogens is 921 g/mol. The maximum absolute atomic E-state index is 13.2. The molecule has 20 heteroatoms. The molecule has 0 amide bonds. The van der Waals surface area contributed by atoms with Gasteiger partial charge in [0.05, 0.1) is 38.6 Å². The summed E-state index contributed by atoms with van der Waals surface area (Å²) in [7, 11) is 2.92. The lowest BCUT2D eigenvalue weighted by Crippen LogP contribution is -2.67. The molecular formula is C50H80O20. The highest BCUT2D eigenvalue weighted by molar-refractivity contribution is 5.87. The second-order valence-electron chi connectivity index (χ2n) is 22.9. The van der Waals surface area contributed by atoms with Crippen molar-refractivity contribution in [3.8, 4) is 0 Å². The van der Waals surface area contributed by atoms with Crippen molar-refractivity contribution < 1.29 is 98.5 Å². The van der Waals surface area contributed by atoms with Gasteiger partial charge in [0.15, 0.2) is 25.2 Å². The lowest BCUT2D eigenvalue weighted by atomic mass is 9.42. The Morgan fingerprint density at radius 3 is 1.84 bits per heavy atom. The molecule has 20 nitrogen and oxygen atoms in total. The van der Waals surface area contributed by atoms with Crippen LogP contribution >= 0.6 is 0 Å². The molecule has 2 saturated carbocycles. The first-order chi connectivity index (χ1) is 32.8. The second-order valence-corrected chi connectivity index (χ2v) is 22.9. The number of fused-ring (bicyclic) bond motifs is 6. The smallest absolute Gasteiger partial charge is 0.333 e. The fourth-order valence-electron chi connectivity index (χ4n) is 14.9. The van der Waals surface area contributed by atoms with Crippen molar-refractivity contribution >= 4 is 5.97 Å². The van der Waals surface area contributed by atoms with Gasteiger partial charge >= 0.3 is 5.97 Å². The van der Waals surface area contributed by atoms with Gasteiger partial charge in [0, 0.05) is 24.0 Å². The summed E-state index contributed by atoms with van der Waals surface area (Å²) in [4.78, 5) is 12.5. The summed E-state index contributed by atoms with van der Waals surface area (Å²) in [5.41, 5.74) is 0.0623. The summed E-state index contributed by atoms with van der Waals surface area (Å²) in [6, 6.07) is 0. The topological polar surface area (TPSA) is 302 Å². The van der Waals surface area contributed by atoms with Crippen LogP contribution in [-0.2, 0) is 47.4 Å². The predicted octanol–water partition coefficient (Wildman–Crippen LogP) is 0.0645. The lowest BCUT2D eigenvalue weighted by Gasteiger charge is -2.64. The van der Waals surface area contributed by atoms with Crippen LogP contribution in [0.3, 0.4) is 0 Å². The average Bonchev–Trinajstić information content (AvgIpc) is 3.51. The molecule has 0 aromatic rings. The number of rotatable bonds is 11. The van der Waals surface area contributed by atoms with E-state index in [1.807, 2.05) is 13.0 Å². The van der Waals surface area contributed by atoms with Crippen molar-refractivity contribution in [2.75, 3.05) is 27.4 Å². The number of hydrogen-bond acceptors (Lipinski definition) is 20. The lowest BCUT2D eigenvalue weighted by molar-refractivity contribution is -0.397. The van der Waals surface area contributed by atoms with Gasteiger partial charge in [0.2, 0.25) is 0 Å². The Balaban J connectivity index is 1.06. The molecule has 4 aliphatic heterocycles. The van der Waals surface area contributed by atoms with Gasteiger partial charge in [-0.15, -0.1) is 0 Å². The zero-order valence-corrected chi connectivity index (χ0v) is 42.1. The third kappa shape index (κ3) is 8.30. The van der Waals surface area contributed by atoms with Crippen LogP contribution in [0, 0.1) is 39.4 Å². The second kappa shape index (κ2) is 19.7. The number of methoxy groups -OCH3 is 2. The highest BCUT2D eigenvalue weighted by Gasteiger charge is 2.75. The molecule has 0 radical (unpaired) electrons. The number of ether oxygens (including phenoxy) is 9. The molecule has 4 saturated heterocycles. The van der Waals surface area contributed by atoms with Crippen molar-refractivity contribution in [2.45, 2.75) is 217 Å². The molecule has 0 aromatic heterocycles. The Labute approximate surface area is 409 Å². The summed E-state index contributed by atoms with van der Waals surface area (Å²) in [5.74, 6) is -1.12. The molecule has 400 valence electrons. The third-order valence-electron chi connectivity index (χ3n) is 19.3. The number of hydrogen-bond donors (Lipinski definition) is 10. The van der Waals surface area contributed by atoms with E-state index in [1.165, 1.54) is 25.2 Å². The molecule has 70 heavy (non-hydrogen) atoms. The molecule has 0 spiro atoms. The maximum Gasteiger partial charge on any atom is 0.333 e. The van der Waals surface area contributed by atoms with Gasteiger partial charge in [-0.05, 0) is 86.9 Å². The van der Waals surface area contributed by atoms with Crippen LogP contribution in [0.2, 0.25) is 0 Å². The van der Waals surface area contributed by atoms with Gasteiger partial charge < -0.3 is 93.7 Å². The maximum atomic E-state index is 13.2. The fourth-order valence-corrected chi connectivity index (χ4v) is 14.9. The summed E-state index contributed by atoms with van der Waals surface area (Å²) < 4.78 is 54.4. The van der Waals surface area contributed by atoms with Crippen LogP contribution in [0.5, 0.6) is 0 Å². The van der Waals surface area contributed by atoms with E-state index in [-0.39, 0.29) is 17.3 Å². The standard InChI is InChI=1S/C50H80O20/c1-21(41(60)62-9)17-24-22(2)50(61)31(68-42(24)63-10)18-48(7)26-11-12-29-46(4,5)30(14-15-47(29,6)25(26)13-16-49(48,50)8)67-44-39(36(57)33(54)27(19-51)65-44)70-45-40(37(58)34(55)28(20-52)66-45)69-43-38(59)35(56)32(53)23(3)64-43/h17,22-24,27-40,42-45,51-59,61H,11-16,18-20H2,1-10H3/b21-17+/t22-,23+,24-,27-,28-,29+,30+,31+,32+,33-,34-,35-,36+,37+,38-,39-,40-,42+,43+,44+,45+,47-,48+,49+,50-/m1/s1. The highest BCUT2D eigenvalue weighted by atomic mass is 16.8. The number of aliphatic hydroxyl groups excluding tert-OH is 9. The van der Waals surface area contributed by atoms with Crippen molar-refractivity contribution in [3.63, 3.8) is 0 Å². The van der Waals surface area contributed by atoms with E-state index in [2.05, 4.69) is 34.6 Å². The van der Waals surface area contributed by atoms with Crippen molar-refractivity contribution in [2.24, 2.45) is 39.4 Å². The highest BCUT2D eigenvalue weighted by Crippen LogP contribution is 2.75. The van der Waals surface area contributed by atoms with Gasteiger partial charge in [-0.2, -0.15) is 0 Å². The van der Waals surface area contributed by atoms with Crippen molar-refractivity contribution in [1.82, 2.24) is 0 Å². The molecule has 25 atom stereocenters. The molecule has 0 aromatic carbocycles. The SMILES string of the molecule is COC(=O)/C(C)=C/[C@H]1[C@@H](OC)O[C@H]2C[C@@]3(C)C4=C(CC[C@]3(C)[C@@]2(O)[C@@H]1C)[C@@]1(C)CC[C@H](O[C@@H]2O[C@H](CO)[C@@H](O)[C@H](O)[C@H]2O[C@@H]2O[C@H](CO)[C@@H](O)[C@H](O)[C@H]2O[C@@H]2O[C@@H](C)[C@H](O)[C@@H](O)[C@H]2O)C(C)(C)[C@@H]1CC4. The fraction of sp³-hybridized carbons (Fsp3) is 0.900. The van der Waals surface area contributed by atoms with E-state index in [0.717, 1.165) is 19.3 Å². The van der Waals surface area contributed by atoms with E-state index in [1.54, 1.807) is 14.0 Å². The van der Waals surface area contributed by atoms with E-state index in [0.29, 0.717) is 31.3 Å². The molecule has 10 N–H and O–H groups in total. The minimum absolute atomic E-state index is 0.0766. The van der Waals surface area contributed by atoms with Crippen LogP contribution in [0.15, 0.2) is 22.8 Å².